The molecule has 0 aliphatic carbocycles. The van der Waals surface area contributed by atoms with E-state index in [4.69, 9.17) is 19.2 Å². The third-order valence-electron chi connectivity index (χ3n) is 5.38. The van der Waals surface area contributed by atoms with Gasteiger partial charge in [0.2, 0.25) is 17.8 Å². The Morgan fingerprint density at radius 1 is 0.971 bits per heavy atom. The van der Waals surface area contributed by atoms with Gasteiger partial charge in [0.05, 0.1) is 33.0 Å². The predicted molar refractivity (Wildman–Crippen MR) is 121 cm³/mol. The van der Waals surface area contributed by atoms with Crippen LogP contribution in [0.1, 0.15) is 30.3 Å². The molecule has 13 nitrogen and oxygen atoms in total. The second-order valence-corrected chi connectivity index (χ2v) is 7.76. The first-order chi connectivity index (χ1) is 16.6. The summed E-state index contributed by atoms with van der Waals surface area (Å²) in [6, 6.07) is 0. The van der Waals surface area contributed by atoms with Crippen molar-refractivity contribution >= 4 is 23.8 Å². The average molecular weight is 475 g/mol. The van der Waals surface area contributed by atoms with Crippen LogP contribution in [0.2, 0.25) is 0 Å². The van der Waals surface area contributed by atoms with Crippen molar-refractivity contribution in [3.8, 4) is 5.95 Å². The van der Waals surface area contributed by atoms with E-state index in [0.29, 0.717) is 90.0 Å². The first kappa shape index (κ1) is 23.8. The molecular weight excluding hydrogens is 444 g/mol. The zero-order valence-electron chi connectivity index (χ0n) is 19.3. The van der Waals surface area contributed by atoms with Gasteiger partial charge in [-0.2, -0.15) is 15.0 Å². The number of carbonyl (C=O) groups excluding carboxylic acids is 2. The zero-order chi connectivity index (χ0) is 23.8. The molecule has 34 heavy (non-hydrogen) atoms. The molecule has 1 amide bonds. The number of imidazole rings is 1. The highest BCUT2D eigenvalue weighted by atomic mass is 16.5. The minimum absolute atomic E-state index is 0.234. The van der Waals surface area contributed by atoms with Gasteiger partial charge >= 0.3 is 5.97 Å². The topological polar surface area (TPSA) is 137 Å². The van der Waals surface area contributed by atoms with Gasteiger partial charge in [0.1, 0.15) is 12.0 Å². The Morgan fingerprint density at radius 3 is 2.15 bits per heavy atom. The molecule has 2 aliphatic heterocycles. The number of hydrogen-bond donors (Lipinski definition) is 1. The molecule has 0 aromatic carbocycles. The molecular formula is C21H30N8O5. The van der Waals surface area contributed by atoms with Crippen molar-refractivity contribution in [3.05, 3.63) is 18.2 Å². The van der Waals surface area contributed by atoms with Gasteiger partial charge in [0, 0.05) is 45.3 Å². The number of morpholine rings is 2. The van der Waals surface area contributed by atoms with Gasteiger partial charge < -0.3 is 29.3 Å². The van der Waals surface area contributed by atoms with E-state index in [0.717, 1.165) is 0 Å². The highest BCUT2D eigenvalue weighted by Crippen LogP contribution is 2.18. The van der Waals surface area contributed by atoms with E-state index in [9.17, 15) is 9.59 Å². The lowest BCUT2D eigenvalue weighted by atomic mass is 10.3. The number of nitrogens with one attached hydrogen (secondary N) is 1. The average Bonchev–Trinajstić information content (AvgIpc) is 3.38. The van der Waals surface area contributed by atoms with E-state index < -0.39 is 0 Å². The number of anilines is 2. The first-order valence-corrected chi connectivity index (χ1v) is 11.5. The smallest absolute Gasteiger partial charge is 0.305 e. The summed E-state index contributed by atoms with van der Waals surface area (Å²) in [5.41, 5.74) is 0.234. The Labute approximate surface area is 197 Å². The van der Waals surface area contributed by atoms with Crippen LogP contribution in [0.5, 0.6) is 0 Å². The van der Waals surface area contributed by atoms with Crippen molar-refractivity contribution in [2.45, 2.75) is 19.8 Å². The van der Waals surface area contributed by atoms with Gasteiger partial charge in [-0.1, -0.05) is 0 Å². The molecule has 0 atom stereocenters. The van der Waals surface area contributed by atoms with E-state index in [-0.39, 0.29) is 24.0 Å². The largest absolute Gasteiger partial charge is 0.466 e. The number of nitrogens with zero attached hydrogens (tertiary/aromatic N) is 7. The van der Waals surface area contributed by atoms with Crippen LogP contribution in [0.15, 0.2) is 12.5 Å². The van der Waals surface area contributed by atoms with Crippen molar-refractivity contribution in [2.24, 2.45) is 0 Å². The van der Waals surface area contributed by atoms with Gasteiger partial charge in [-0.05, 0) is 13.3 Å². The summed E-state index contributed by atoms with van der Waals surface area (Å²) in [5.74, 6) is 0.898. The van der Waals surface area contributed by atoms with Crippen LogP contribution in [-0.4, -0.2) is 102 Å². The number of hydrogen-bond acceptors (Lipinski definition) is 11. The normalized spacial score (nSPS) is 16.4. The Balaban J connectivity index is 1.47. The van der Waals surface area contributed by atoms with Gasteiger partial charge in [0.15, 0.2) is 0 Å². The molecule has 1 N–H and O–H groups in total. The maximum absolute atomic E-state index is 12.5. The summed E-state index contributed by atoms with van der Waals surface area (Å²) in [7, 11) is 0. The summed E-state index contributed by atoms with van der Waals surface area (Å²) in [6.07, 6.45) is 3.84. The number of aromatic nitrogens is 5. The molecule has 2 fully saturated rings. The molecule has 2 aromatic heterocycles. The SMILES string of the molecule is CCOC(=O)CCCNC(=O)c1cn(-c2nc(N3CCOCC3)nc(N3CCOCC3)n2)cn1. The maximum Gasteiger partial charge on any atom is 0.305 e. The standard InChI is InChI=1S/C21H30N8O5/c1-2-34-17(30)4-3-5-22-18(31)16-14-29(15-23-16)21-25-19(27-6-10-32-11-7-27)24-20(26-21)28-8-12-33-13-9-28/h14-15H,2-13H2,1H3,(H,22,31). The first-order valence-electron chi connectivity index (χ1n) is 11.5. The fraction of sp³-hybridized carbons (Fsp3) is 0.619. The number of amides is 1. The molecule has 2 saturated heterocycles. The number of ether oxygens (including phenoxy) is 3. The van der Waals surface area contributed by atoms with Crippen molar-refractivity contribution < 1.29 is 23.8 Å². The van der Waals surface area contributed by atoms with Crippen LogP contribution in [0.3, 0.4) is 0 Å². The number of rotatable bonds is 9. The molecule has 0 saturated carbocycles. The quantitative estimate of drug-likeness (QED) is 0.382. The molecule has 0 radical (unpaired) electrons. The van der Waals surface area contributed by atoms with E-state index in [1.165, 1.54) is 6.33 Å². The number of carbonyl (C=O) groups is 2. The Kier molecular flexibility index (Phi) is 8.20. The molecule has 2 aliphatic rings. The van der Waals surface area contributed by atoms with Crippen molar-refractivity contribution in [1.29, 1.82) is 0 Å². The van der Waals surface area contributed by atoms with Gasteiger partial charge in [0.25, 0.3) is 5.91 Å². The lowest BCUT2D eigenvalue weighted by Crippen LogP contribution is -2.40. The van der Waals surface area contributed by atoms with E-state index >= 15 is 0 Å². The second kappa shape index (κ2) is 11.7. The summed E-state index contributed by atoms with van der Waals surface area (Å²) < 4.78 is 17.4. The maximum atomic E-state index is 12.5. The van der Waals surface area contributed by atoms with Crippen molar-refractivity contribution in [3.63, 3.8) is 0 Å². The fourth-order valence-corrected chi connectivity index (χ4v) is 3.58. The lowest BCUT2D eigenvalue weighted by Gasteiger charge is -2.30. The Bertz CT molecular complexity index is 936. The van der Waals surface area contributed by atoms with Crippen LogP contribution in [0.4, 0.5) is 11.9 Å². The van der Waals surface area contributed by atoms with Crippen LogP contribution >= 0.6 is 0 Å². The third-order valence-corrected chi connectivity index (χ3v) is 5.38. The van der Waals surface area contributed by atoms with Gasteiger partial charge in [-0.3, -0.25) is 14.2 Å². The molecule has 13 heteroatoms. The van der Waals surface area contributed by atoms with Crippen LogP contribution in [0.25, 0.3) is 5.95 Å². The van der Waals surface area contributed by atoms with Gasteiger partial charge in [-0.25, -0.2) is 4.98 Å². The monoisotopic (exact) mass is 474 g/mol. The Morgan fingerprint density at radius 2 is 1.56 bits per heavy atom. The predicted octanol–water partition coefficient (Wildman–Crippen LogP) is -0.196. The molecule has 0 spiro atoms. The van der Waals surface area contributed by atoms with E-state index in [2.05, 4.69) is 30.1 Å². The summed E-state index contributed by atoms with van der Waals surface area (Å²) in [5, 5.41) is 2.77. The van der Waals surface area contributed by atoms with Crippen LogP contribution in [0, 0.1) is 0 Å². The van der Waals surface area contributed by atoms with Crippen molar-refractivity contribution in [2.75, 3.05) is 75.6 Å². The molecule has 2 aromatic rings. The Hall–Kier alpha value is -3.32. The summed E-state index contributed by atoms with van der Waals surface area (Å²) >= 11 is 0. The zero-order valence-corrected chi connectivity index (χ0v) is 19.3. The minimum Gasteiger partial charge on any atom is -0.466 e. The minimum atomic E-state index is -0.335. The van der Waals surface area contributed by atoms with E-state index in [1.807, 2.05) is 0 Å². The lowest BCUT2D eigenvalue weighted by molar-refractivity contribution is -0.143. The van der Waals surface area contributed by atoms with Gasteiger partial charge in [-0.15, -0.1) is 0 Å². The molecule has 4 rings (SSSR count). The van der Waals surface area contributed by atoms with Crippen molar-refractivity contribution in [1.82, 2.24) is 29.8 Å². The molecule has 4 heterocycles. The third kappa shape index (κ3) is 6.17. The number of esters is 1. The molecule has 0 bridgehead atoms. The fourth-order valence-electron chi connectivity index (χ4n) is 3.58. The molecule has 184 valence electrons. The second-order valence-electron chi connectivity index (χ2n) is 7.76. The highest BCUT2D eigenvalue weighted by Gasteiger charge is 2.22. The highest BCUT2D eigenvalue weighted by molar-refractivity contribution is 5.92. The van der Waals surface area contributed by atoms with Crippen LogP contribution < -0.4 is 15.1 Å². The van der Waals surface area contributed by atoms with Crippen LogP contribution in [-0.2, 0) is 19.0 Å². The molecule has 0 unspecified atom stereocenters. The summed E-state index contributed by atoms with van der Waals surface area (Å²) in [4.78, 5) is 46.2. The van der Waals surface area contributed by atoms with E-state index in [1.54, 1.807) is 17.7 Å². The summed E-state index contributed by atoms with van der Waals surface area (Å²) in [6.45, 7) is 7.66.